The maximum Gasteiger partial charge on any atom is 0.161 e. The molecule has 1 unspecified atom stereocenters. The number of allylic oxidation sites excluding steroid dienone is 8. The number of para-hydroxylation sites is 4. The standard InChI is InChI=1S/C59H37N5O2.C8H11N.C2H6/c60-58(35-15-3-1-4-16-35)64-46-24-10-7-19-39(46)44-33-36(29-31-47(44)64)37-30-32-48-45(34-37)56-57(63(48)38-17-5-2-6-18-38)55(42-22-13-27-51-53(42)40-20-8-11-25-49(40)65-51)61-59(62-56)43-23-14-28-52-54(43)41-21-9-12-26-50(41)66-52;1-7(9)8-5-3-2-4-6-8;1-2/h1-15,17-35,60H,16H2;2-3,5,9H,4,6H2,1H3;1-2H3. The van der Waals surface area contributed by atoms with Crippen molar-refractivity contribution in [3.8, 4) is 39.5 Å². The predicted octanol–water partition coefficient (Wildman–Crippen LogP) is 18.8. The van der Waals surface area contributed by atoms with Gasteiger partial charge in [0.1, 0.15) is 33.7 Å². The van der Waals surface area contributed by atoms with Crippen molar-refractivity contribution in [3.63, 3.8) is 0 Å². The van der Waals surface area contributed by atoms with Crippen LogP contribution in [0.15, 0.2) is 233 Å². The maximum absolute atomic E-state index is 9.42. The lowest BCUT2D eigenvalue weighted by Crippen LogP contribution is -2.20. The fraction of sp³-hybridized carbons (Fsp3) is 0.101. The highest BCUT2D eigenvalue weighted by Gasteiger charge is 2.26. The summed E-state index contributed by atoms with van der Waals surface area (Å²) in [7, 11) is 0. The van der Waals surface area contributed by atoms with Crippen LogP contribution in [0.5, 0.6) is 0 Å². The van der Waals surface area contributed by atoms with E-state index in [1.807, 2.05) is 81.5 Å². The third-order valence-electron chi connectivity index (χ3n) is 15.0. The molecule has 2 aliphatic carbocycles. The van der Waals surface area contributed by atoms with Crippen LogP contribution in [0, 0.1) is 16.7 Å². The van der Waals surface area contributed by atoms with E-state index in [9.17, 15) is 5.41 Å². The molecule has 0 saturated heterocycles. The maximum atomic E-state index is 9.42. The molecule has 0 radical (unpaired) electrons. The van der Waals surface area contributed by atoms with Gasteiger partial charge in [-0.2, -0.15) is 0 Å². The minimum atomic E-state index is 0.00761. The molecule has 77 heavy (non-hydrogen) atoms. The van der Waals surface area contributed by atoms with Gasteiger partial charge in [0, 0.05) is 66.1 Å². The van der Waals surface area contributed by atoms with Crippen LogP contribution >= 0.6 is 0 Å². The number of benzene rings is 8. The molecule has 0 fully saturated rings. The first-order valence-electron chi connectivity index (χ1n) is 26.6. The molecule has 2 aliphatic rings. The number of furan rings is 2. The second-order valence-corrected chi connectivity index (χ2v) is 19.5. The largest absolute Gasteiger partial charge is 0.456 e. The number of hydrogen-bond acceptors (Lipinski definition) is 6. The van der Waals surface area contributed by atoms with Crippen LogP contribution in [0.1, 0.15) is 40.0 Å². The van der Waals surface area contributed by atoms with Crippen molar-refractivity contribution in [2.45, 2.75) is 40.0 Å². The monoisotopic (exact) mass is 998 g/mol. The van der Waals surface area contributed by atoms with Gasteiger partial charge in [-0.1, -0.05) is 166 Å². The summed E-state index contributed by atoms with van der Waals surface area (Å²) in [5.74, 6) is 1.19. The average molecular weight is 999 g/mol. The van der Waals surface area contributed by atoms with Crippen LogP contribution in [-0.2, 0) is 0 Å². The Morgan fingerprint density at radius 2 is 1.16 bits per heavy atom. The van der Waals surface area contributed by atoms with Crippen molar-refractivity contribution in [1.29, 1.82) is 10.8 Å². The summed E-state index contributed by atoms with van der Waals surface area (Å²) < 4.78 is 17.4. The van der Waals surface area contributed by atoms with Crippen molar-refractivity contribution < 1.29 is 8.83 Å². The first-order chi connectivity index (χ1) is 38.0. The summed E-state index contributed by atoms with van der Waals surface area (Å²) in [6.07, 6.45) is 17.5. The molecule has 0 spiro atoms. The fourth-order valence-corrected chi connectivity index (χ4v) is 11.4. The van der Waals surface area contributed by atoms with E-state index in [0.29, 0.717) is 17.4 Å². The van der Waals surface area contributed by atoms with Gasteiger partial charge in [0.15, 0.2) is 5.82 Å². The topological polar surface area (TPSA) is 110 Å². The molecule has 15 rings (SSSR count). The van der Waals surface area contributed by atoms with Crippen LogP contribution in [0.25, 0.3) is 127 Å². The highest BCUT2D eigenvalue weighted by molar-refractivity contribution is 6.20. The lowest BCUT2D eigenvalue weighted by molar-refractivity contribution is 0.668. The number of nitrogens with zero attached hydrogens (tertiary/aromatic N) is 4. The molecule has 1 atom stereocenters. The predicted molar refractivity (Wildman–Crippen MR) is 321 cm³/mol. The van der Waals surface area contributed by atoms with Crippen LogP contribution in [0.4, 0.5) is 0 Å². The van der Waals surface area contributed by atoms with E-state index in [4.69, 9.17) is 24.2 Å². The van der Waals surface area contributed by atoms with Gasteiger partial charge in [0.25, 0.3) is 0 Å². The summed E-state index contributed by atoms with van der Waals surface area (Å²) in [4.78, 5) is 11.3. The van der Waals surface area contributed by atoms with E-state index in [1.54, 1.807) is 0 Å². The van der Waals surface area contributed by atoms with E-state index in [1.165, 1.54) is 5.57 Å². The Morgan fingerprint density at radius 3 is 1.82 bits per heavy atom. The number of hydrogen-bond donors (Lipinski definition) is 2. The smallest absolute Gasteiger partial charge is 0.161 e. The number of nitrogens with one attached hydrogen (secondary N) is 2. The zero-order chi connectivity index (χ0) is 52.1. The Hall–Kier alpha value is -9.66. The zero-order valence-corrected chi connectivity index (χ0v) is 43.1. The van der Waals surface area contributed by atoms with Gasteiger partial charge >= 0.3 is 0 Å². The SMILES string of the molecule is CC.CC(=N)C1=CC=CCC1.N=C(C1C=CC=CC1)n1c2ccccc2c2cc(-c3ccc4c(c3)c3nc(-c5cccc6oc7ccccc7c56)nc(-c5cccc6oc7ccccc7c56)c3n4-c3ccccc3)ccc21. The quantitative estimate of drug-likeness (QED) is 0.128. The first-order valence-corrected chi connectivity index (χ1v) is 26.6. The molecule has 2 N–H and O–H groups in total. The van der Waals surface area contributed by atoms with Gasteiger partial charge in [-0.3, -0.25) is 9.98 Å². The van der Waals surface area contributed by atoms with E-state index >= 15 is 0 Å². The van der Waals surface area contributed by atoms with E-state index in [2.05, 4.69) is 167 Å². The molecule has 0 saturated carbocycles. The van der Waals surface area contributed by atoms with Crippen LogP contribution < -0.4 is 0 Å². The minimum absolute atomic E-state index is 0.00761. The van der Waals surface area contributed by atoms with Crippen molar-refractivity contribution in [3.05, 3.63) is 224 Å². The molecule has 8 nitrogen and oxygen atoms in total. The van der Waals surface area contributed by atoms with Crippen molar-refractivity contribution in [2.75, 3.05) is 0 Å². The molecule has 5 aromatic heterocycles. The summed E-state index contributed by atoms with van der Waals surface area (Å²) in [6.45, 7) is 5.84. The molecular formula is C69H54N6O2. The summed E-state index contributed by atoms with van der Waals surface area (Å²) >= 11 is 0. The molecule has 0 amide bonds. The van der Waals surface area contributed by atoms with E-state index in [-0.39, 0.29) is 5.92 Å². The molecule has 0 bridgehead atoms. The third-order valence-corrected chi connectivity index (χ3v) is 15.0. The lowest BCUT2D eigenvalue weighted by atomic mass is 9.99. The minimum Gasteiger partial charge on any atom is -0.456 e. The molecule has 8 heteroatoms. The summed E-state index contributed by atoms with van der Waals surface area (Å²) in [6, 6.07) is 61.2. The molecule has 5 heterocycles. The third kappa shape index (κ3) is 7.99. The lowest BCUT2D eigenvalue weighted by Gasteiger charge is -2.17. The molecular weight excluding hydrogens is 945 g/mol. The van der Waals surface area contributed by atoms with Crippen LogP contribution in [-0.4, -0.2) is 30.6 Å². The van der Waals surface area contributed by atoms with Crippen molar-refractivity contribution >= 4 is 99.2 Å². The number of rotatable bonds is 6. The molecule has 13 aromatic rings. The van der Waals surface area contributed by atoms with E-state index < -0.39 is 0 Å². The van der Waals surface area contributed by atoms with E-state index in [0.717, 1.165) is 141 Å². The van der Waals surface area contributed by atoms with Crippen LogP contribution in [0.3, 0.4) is 0 Å². The van der Waals surface area contributed by atoms with Crippen molar-refractivity contribution in [2.24, 2.45) is 5.92 Å². The van der Waals surface area contributed by atoms with Gasteiger partial charge in [-0.15, -0.1) is 0 Å². The zero-order valence-electron chi connectivity index (χ0n) is 43.1. The normalized spacial score (nSPS) is 14.2. The first kappa shape index (κ1) is 47.1. The molecule has 8 aromatic carbocycles. The fourth-order valence-electron chi connectivity index (χ4n) is 11.4. The van der Waals surface area contributed by atoms with Gasteiger partial charge in [0.05, 0.1) is 27.8 Å². The molecule has 372 valence electrons. The Morgan fingerprint density at radius 1 is 0.545 bits per heavy atom. The Balaban J connectivity index is 0.000000466. The summed E-state index contributed by atoms with van der Waals surface area (Å²) in [5.41, 5.74) is 15.8. The number of aromatic nitrogens is 4. The van der Waals surface area contributed by atoms with Crippen LogP contribution in [0.2, 0.25) is 0 Å². The van der Waals surface area contributed by atoms with Gasteiger partial charge in [0.2, 0.25) is 0 Å². The van der Waals surface area contributed by atoms with Gasteiger partial charge < -0.3 is 18.8 Å². The Labute approximate surface area is 445 Å². The Bertz CT molecular complexity index is 4630. The van der Waals surface area contributed by atoms with Crippen molar-refractivity contribution in [1.82, 2.24) is 19.1 Å². The Kier molecular flexibility index (Phi) is 12.0. The van der Waals surface area contributed by atoms with Gasteiger partial charge in [-0.05, 0) is 110 Å². The number of fused-ring (bicyclic) bond motifs is 12. The average Bonchev–Trinajstić information content (AvgIpc) is 4.43. The molecule has 0 aliphatic heterocycles. The highest BCUT2D eigenvalue weighted by Crippen LogP contribution is 2.45. The summed E-state index contributed by atoms with van der Waals surface area (Å²) in [5, 5.41) is 24.0. The highest BCUT2D eigenvalue weighted by atomic mass is 16.3. The second-order valence-electron chi connectivity index (χ2n) is 19.5. The van der Waals surface area contributed by atoms with Gasteiger partial charge in [-0.25, -0.2) is 9.97 Å². The second kappa shape index (κ2) is 19.6.